The third-order valence-electron chi connectivity index (χ3n) is 4.38. The van der Waals surface area contributed by atoms with Gasteiger partial charge in [0.1, 0.15) is 11.5 Å². The van der Waals surface area contributed by atoms with Crippen molar-refractivity contribution in [2.45, 2.75) is 25.8 Å². The summed E-state index contributed by atoms with van der Waals surface area (Å²) in [5, 5.41) is 17.9. The number of pyridine rings is 1. The van der Waals surface area contributed by atoms with E-state index in [0.29, 0.717) is 23.6 Å². The molecule has 0 bridgehead atoms. The number of carbonyl (C=O) groups is 1. The second-order valence-electron chi connectivity index (χ2n) is 6.13. The zero-order chi connectivity index (χ0) is 18.0. The molecule has 3 rings (SSSR count). The quantitative estimate of drug-likeness (QED) is 0.650. The van der Waals surface area contributed by atoms with Crippen LogP contribution >= 0.6 is 0 Å². The Morgan fingerprint density at radius 3 is 2.92 bits per heavy atom. The molecule has 132 valence electrons. The van der Waals surface area contributed by atoms with Crippen LogP contribution in [0.15, 0.2) is 24.5 Å². The summed E-state index contributed by atoms with van der Waals surface area (Å²) >= 11 is 0. The molecule has 1 N–H and O–H groups in total. The normalized spacial score (nSPS) is 16.9. The molecule has 0 radical (unpaired) electrons. The lowest BCUT2D eigenvalue weighted by Crippen LogP contribution is -2.40. The van der Waals surface area contributed by atoms with Crippen LogP contribution in [0.25, 0.3) is 0 Å². The second-order valence-corrected chi connectivity index (χ2v) is 6.13. The molecule has 1 atom stereocenters. The molecular formula is C16H20N6O3. The summed E-state index contributed by atoms with van der Waals surface area (Å²) < 4.78 is 1.58. The predicted molar refractivity (Wildman–Crippen MR) is 91.5 cm³/mol. The van der Waals surface area contributed by atoms with E-state index in [1.807, 2.05) is 0 Å². The summed E-state index contributed by atoms with van der Waals surface area (Å²) in [6.45, 7) is 2.94. The van der Waals surface area contributed by atoms with Crippen LogP contribution in [0.5, 0.6) is 0 Å². The van der Waals surface area contributed by atoms with Crippen molar-refractivity contribution in [1.82, 2.24) is 20.1 Å². The van der Waals surface area contributed by atoms with E-state index in [9.17, 15) is 14.9 Å². The summed E-state index contributed by atoms with van der Waals surface area (Å²) in [6.07, 6.45) is 5.13. The molecule has 0 unspecified atom stereocenters. The number of nitro groups is 1. The Hall–Kier alpha value is -2.97. The SMILES string of the molecule is Cc1nc(N2CCC[C@@H]2CNC(=O)c2cnn(C)c2)ccc1[N+](=O)[O-]. The van der Waals surface area contributed by atoms with Crippen LogP contribution in [0.2, 0.25) is 0 Å². The number of hydrogen-bond acceptors (Lipinski definition) is 6. The minimum Gasteiger partial charge on any atom is -0.352 e. The molecule has 1 aliphatic heterocycles. The zero-order valence-electron chi connectivity index (χ0n) is 14.2. The van der Waals surface area contributed by atoms with Crippen molar-refractivity contribution in [3.05, 3.63) is 45.9 Å². The van der Waals surface area contributed by atoms with E-state index < -0.39 is 4.92 Å². The minimum atomic E-state index is -0.429. The van der Waals surface area contributed by atoms with Gasteiger partial charge in [0.15, 0.2) is 0 Å². The van der Waals surface area contributed by atoms with Crippen molar-refractivity contribution in [3.63, 3.8) is 0 Å². The average Bonchev–Trinajstić information content (AvgIpc) is 3.21. The topological polar surface area (TPSA) is 106 Å². The van der Waals surface area contributed by atoms with Crippen molar-refractivity contribution in [1.29, 1.82) is 0 Å². The Kier molecular flexibility index (Phi) is 4.64. The summed E-state index contributed by atoms with van der Waals surface area (Å²) in [6, 6.07) is 3.28. The lowest BCUT2D eigenvalue weighted by atomic mass is 10.2. The Bertz CT molecular complexity index is 803. The van der Waals surface area contributed by atoms with E-state index >= 15 is 0 Å². The number of aromatic nitrogens is 3. The van der Waals surface area contributed by atoms with Crippen molar-refractivity contribution >= 4 is 17.4 Å². The lowest BCUT2D eigenvalue weighted by Gasteiger charge is -2.26. The van der Waals surface area contributed by atoms with Gasteiger partial charge in [-0.25, -0.2) is 4.98 Å². The molecule has 1 aliphatic rings. The fraction of sp³-hybridized carbons (Fsp3) is 0.438. The van der Waals surface area contributed by atoms with Crippen molar-refractivity contribution < 1.29 is 9.72 Å². The van der Waals surface area contributed by atoms with Crippen LogP contribution in [0.3, 0.4) is 0 Å². The highest BCUT2D eigenvalue weighted by Gasteiger charge is 2.27. The van der Waals surface area contributed by atoms with Crippen LogP contribution in [0, 0.1) is 17.0 Å². The maximum atomic E-state index is 12.2. The molecule has 2 aromatic heterocycles. The molecule has 25 heavy (non-hydrogen) atoms. The lowest BCUT2D eigenvalue weighted by molar-refractivity contribution is -0.385. The Labute approximate surface area is 144 Å². The monoisotopic (exact) mass is 344 g/mol. The van der Waals surface area contributed by atoms with Crippen LogP contribution in [0.1, 0.15) is 28.9 Å². The molecule has 2 aromatic rings. The third-order valence-corrected chi connectivity index (χ3v) is 4.38. The maximum Gasteiger partial charge on any atom is 0.290 e. The van der Waals surface area contributed by atoms with Gasteiger partial charge in [-0.3, -0.25) is 19.6 Å². The largest absolute Gasteiger partial charge is 0.352 e. The average molecular weight is 344 g/mol. The van der Waals surface area contributed by atoms with Gasteiger partial charge in [0.05, 0.1) is 16.7 Å². The Balaban J connectivity index is 1.67. The second kappa shape index (κ2) is 6.88. The van der Waals surface area contributed by atoms with E-state index in [1.165, 1.54) is 12.3 Å². The molecule has 0 aliphatic carbocycles. The summed E-state index contributed by atoms with van der Waals surface area (Å²) in [5.74, 6) is 0.550. The van der Waals surface area contributed by atoms with Gasteiger partial charge in [-0.15, -0.1) is 0 Å². The van der Waals surface area contributed by atoms with Crippen LogP contribution in [0.4, 0.5) is 11.5 Å². The number of aryl methyl sites for hydroxylation is 2. The summed E-state index contributed by atoms with van der Waals surface area (Å²) in [7, 11) is 1.76. The molecule has 3 heterocycles. The number of hydrogen-bond donors (Lipinski definition) is 1. The number of carbonyl (C=O) groups excluding carboxylic acids is 1. The van der Waals surface area contributed by atoms with E-state index in [-0.39, 0.29) is 17.6 Å². The molecule has 1 amide bonds. The van der Waals surface area contributed by atoms with Crippen molar-refractivity contribution in [3.8, 4) is 0 Å². The Morgan fingerprint density at radius 1 is 1.48 bits per heavy atom. The highest BCUT2D eigenvalue weighted by molar-refractivity contribution is 5.93. The smallest absolute Gasteiger partial charge is 0.290 e. The first kappa shape index (κ1) is 16.9. The van der Waals surface area contributed by atoms with E-state index in [4.69, 9.17) is 0 Å². The molecular weight excluding hydrogens is 324 g/mol. The fourth-order valence-corrected chi connectivity index (χ4v) is 3.09. The number of rotatable bonds is 5. The number of anilines is 1. The van der Waals surface area contributed by atoms with Crippen molar-refractivity contribution in [2.24, 2.45) is 7.05 Å². The van der Waals surface area contributed by atoms with Crippen LogP contribution in [-0.4, -0.2) is 44.7 Å². The van der Waals surface area contributed by atoms with Gasteiger partial charge < -0.3 is 10.2 Å². The van der Waals surface area contributed by atoms with Gasteiger partial charge in [-0.1, -0.05) is 0 Å². The highest BCUT2D eigenvalue weighted by atomic mass is 16.6. The first-order chi connectivity index (χ1) is 12.0. The molecule has 9 nitrogen and oxygen atoms in total. The molecule has 0 saturated carbocycles. The van der Waals surface area contributed by atoms with Crippen LogP contribution in [-0.2, 0) is 7.05 Å². The first-order valence-corrected chi connectivity index (χ1v) is 8.11. The standard InChI is InChI=1S/C16H20N6O3/c1-11-14(22(24)25)5-6-15(19-11)21-7-3-4-13(21)9-17-16(23)12-8-18-20(2)10-12/h5-6,8,10,13H,3-4,7,9H2,1-2H3,(H,17,23)/t13-/m1/s1. The van der Waals surface area contributed by atoms with E-state index in [2.05, 4.69) is 20.3 Å². The van der Waals surface area contributed by atoms with Gasteiger partial charge in [0, 0.05) is 38.4 Å². The fourth-order valence-electron chi connectivity index (χ4n) is 3.09. The first-order valence-electron chi connectivity index (χ1n) is 8.11. The highest BCUT2D eigenvalue weighted by Crippen LogP contribution is 2.26. The van der Waals surface area contributed by atoms with Crippen molar-refractivity contribution in [2.75, 3.05) is 18.0 Å². The molecule has 9 heteroatoms. The van der Waals surface area contributed by atoms with E-state index in [1.54, 1.807) is 30.9 Å². The van der Waals surface area contributed by atoms with Gasteiger partial charge in [-0.05, 0) is 25.8 Å². The number of amides is 1. The maximum absolute atomic E-state index is 12.2. The van der Waals surface area contributed by atoms with Gasteiger partial charge in [-0.2, -0.15) is 5.10 Å². The summed E-state index contributed by atoms with van der Waals surface area (Å²) in [4.78, 5) is 29.1. The minimum absolute atomic E-state index is 0.0179. The van der Waals surface area contributed by atoms with Crippen LogP contribution < -0.4 is 10.2 Å². The number of nitrogens with zero attached hydrogens (tertiary/aromatic N) is 5. The molecule has 0 aromatic carbocycles. The van der Waals surface area contributed by atoms with Gasteiger partial charge in [0.25, 0.3) is 11.6 Å². The third kappa shape index (κ3) is 3.59. The number of nitrogens with one attached hydrogen (secondary N) is 1. The predicted octanol–water partition coefficient (Wildman–Crippen LogP) is 1.43. The molecule has 0 spiro atoms. The zero-order valence-corrected chi connectivity index (χ0v) is 14.2. The van der Waals surface area contributed by atoms with E-state index in [0.717, 1.165) is 19.4 Å². The summed E-state index contributed by atoms with van der Waals surface area (Å²) in [5.41, 5.74) is 0.938. The molecule has 1 fully saturated rings. The van der Waals surface area contributed by atoms with Gasteiger partial charge >= 0.3 is 0 Å². The molecule has 1 saturated heterocycles. The van der Waals surface area contributed by atoms with Gasteiger partial charge in [0.2, 0.25) is 0 Å². The Morgan fingerprint density at radius 2 is 2.28 bits per heavy atom.